The first-order valence-corrected chi connectivity index (χ1v) is 12.0. The van der Waals surface area contributed by atoms with Crippen molar-refractivity contribution in [1.29, 1.82) is 0 Å². The minimum Gasteiger partial charge on any atom is -0.470 e. The molecule has 0 saturated carbocycles. The van der Waals surface area contributed by atoms with Gasteiger partial charge in [0.05, 0.1) is 30.4 Å². The Hall–Kier alpha value is -4.16. The summed E-state index contributed by atoms with van der Waals surface area (Å²) in [6.45, 7) is 2.47. The Morgan fingerprint density at radius 1 is 1.24 bits per heavy atom. The number of aromatic nitrogens is 5. The zero-order chi connectivity index (χ0) is 25.2. The molecule has 12 nitrogen and oxygen atoms in total. The lowest BCUT2D eigenvalue weighted by atomic mass is 9.90. The number of fused-ring (bicyclic) bond motifs is 3. The number of carbonyl (C=O) groups is 1. The molecule has 0 bridgehead atoms. The predicted octanol–water partition coefficient (Wildman–Crippen LogP) is 2.21. The topological polar surface area (TPSA) is 139 Å². The number of allylic oxidation sites excluding steroid dienone is 3. The number of rotatable bonds is 8. The zero-order valence-corrected chi connectivity index (χ0v) is 20.2. The molecule has 1 N–H and O–H groups in total. The van der Waals surface area contributed by atoms with Crippen LogP contribution in [0, 0.1) is 5.92 Å². The lowest BCUT2D eigenvalue weighted by Gasteiger charge is -2.26. The maximum absolute atomic E-state index is 12.4. The molecule has 0 spiro atoms. The number of amides is 1. The number of pyridine rings is 1. The predicted molar refractivity (Wildman–Crippen MR) is 129 cm³/mol. The first kappa shape index (κ1) is 23.3. The molecule has 1 atom stereocenters. The first-order chi connectivity index (χ1) is 18.2. The molecule has 190 valence electrons. The second-order valence-electron chi connectivity index (χ2n) is 8.99. The van der Waals surface area contributed by atoms with Gasteiger partial charge < -0.3 is 24.1 Å². The van der Waals surface area contributed by atoms with Crippen LogP contribution in [0.3, 0.4) is 0 Å². The highest BCUT2D eigenvalue weighted by Gasteiger charge is 2.34. The SMILES string of the molecule is COCc1cc(-c2nnc3n2N=C(OCc2ccc(C(=O)NCC4COC4)cn2)C2=CC=CCC23)no1. The molecule has 1 unspecified atom stereocenters. The minimum absolute atomic E-state index is 0.0517. The summed E-state index contributed by atoms with van der Waals surface area (Å²) < 4.78 is 23.4. The molecule has 1 fully saturated rings. The first-order valence-electron chi connectivity index (χ1n) is 12.0. The molecule has 0 aromatic carbocycles. The van der Waals surface area contributed by atoms with Gasteiger partial charge in [0.15, 0.2) is 17.3 Å². The van der Waals surface area contributed by atoms with Gasteiger partial charge in [-0.25, -0.2) is 0 Å². The highest BCUT2D eigenvalue weighted by Crippen LogP contribution is 2.36. The molecule has 1 amide bonds. The fraction of sp³-hybridized carbons (Fsp3) is 0.360. The van der Waals surface area contributed by atoms with Crippen molar-refractivity contribution in [3.05, 3.63) is 71.0 Å². The Kier molecular flexibility index (Phi) is 6.33. The molecule has 5 heterocycles. The summed E-state index contributed by atoms with van der Waals surface area (Å²) in [5, 5.41) is 20.4. The van der Waals surface area contributed by atoms with Gasteiger partial charge in [-0.1, -0.05) is 23.4 Å². The van der Waals surface area contributed by atoms with Crippen LogP contribution in [0.2, 0.25) is 0 Å². The summed E-state index contributed by atoms with van der Waals surface area (Å²) >= 11 is 0. The number of methoxy groups -OCH3 is 1. The smallest absolute Gasteiger partial charge is 0.252 e. The molecular formula is C25H25N7O5. The number of carbonyl (C=O) groups excluding carboxylic acids is 1. The quantitative estimate of drug-likeness (QED) is 0.490. The maximum atomic E-state index is 12.4. The summed E-state index contributed by atoms with van der Waals surface area (Å²) in [7, 11) is 1.59. The molecule has 3 aliphatic rings. The van der Waals surface area contributed by atoms with Crippen LogP contribution in [-0.4, -0.2) is 63.7 Å². The summed E-state index contributed by atoms with van der Waals surface area (Å²) in [4.78, 5) is 16.8. The highest BCUT2D eigenvalue weighted by atomic mass is 16.5. The standard InChI is InChI=1S/C25H25N7O5/c1-34-14-18-8-21(31-37-18)23-29-28-22-19-4-2-3-5-20(19)25(30-32(22)23)36-13-17-7-6-16(10-26-17)24(33)27-9-15-11-35-12-15/h2-3,5-8,10,15,19H,4,9,11-14H2,1H3,(H,27,33). The van der Waals surface area contributed by atoms with Crippen molar-refractivity contribution < 1.29 is 23.5 Å². The summed E-state index contributed by atoms with van der Waals surface area (Å²) in [5.41, 5.74) is 2.60. The van der Waals surface area contributed by atoms with Gasteiger partial charge in [0.2, 0.25) is 11.7 Å². The van der Waals surface area contributed by atoms with Gasteiger partial charge in [-0.15, -0.1) is 15.3 Å². The fourth-order valence-electron chi connectivity index (χ4n) is 4.28. The average molecular weight is 504 g/mol. The van der Waals surface area contributed by atoms with E-state index in [1.165, 1.54) is 0 Å². The van der Waals surface area contributed by atoms with Crippen molar-refractivity contribution in [2.24, 2.45) is 11.0 Å². The zero-order valence-electron chi connectivity index (χ0n) is 20.2. The van der Waals surface area contributed by atoms with E-state index in [0.29, 0.717) is 72.5 Å². The maximum Gasteiger partial charge on any atom is 0.252 e. The molecule has 1 saturated heterocycles. The summed E-state index contributed by atoms with van der Waals surface area (Å²) in [6, 6.07) is 5.27. The van der Waals surface area contributed by atoms with Gasteiger partial charge in [0, 0.05) is 37.4 Å². The molecular weight excluding hydrogens is 478 g/mol. The molecule has 3 aromatic heterocycles. The molecule has 1 aliphatic carbocycles. The van der Waals surface area contributed by atoms with Gasteiger partial charge in [-0.3, -0.25) is 9.78 Å². The van der Waals surface area contributed by atoms with Crippen LogP contribution in [0.15, 0.2) is 57.8 Å². The Morgan fingerprint density at radius 3 is 2.95 bits per heavy atom. The molecule has 2 aliphatic heterocycles. The number of hydrogen-bond acceptors (Lipinski definition) is 10. The third kappa shape index (κ3) is 4.68. The van der Waals surface area contributed by atoms with Gasteiger partial charge >= 0.3 is 0 Å². The fourth-order valence-corrected chi connectivity index (χ4v) is 4.28. The third-order valence-electron chi connectivity index (χ3n) is 6.35. The van der Waals surface area contributed by atoms with Gasteiger partial charge in [0.1, 0.15) is 13.2 Å². The van der Waals surface area contributed by atoms with E-state index < -0.39 is 0 Å². The largest absolute Gasteiger partial charge is 0.470 e. The lowest BCUT2D eigenvalue weighted by molar-refractivity contribution is -0.0298. The average Bonchev–Trinajstić information content (AvgIpc) is 3.54. The second kappa shape index (κ2) is 10.1. The summed E-state index contributed by atoms with van der Waals surface area (Å²) in [6.07, 6.45) is 8.33. The van der Waals surface area contributed by atoms with E-state index in [9.17, 15) is 4.79 Å². The van der Waals surface area contributed by atoms with Crippen LogP contribution in [0.4, 0.5) is 0 Å². The third-order valence-corrected chi connectivity index (χ3v) is 6.35. The van der Waals surface area contributed by atoms with Crippen molar-refractivity contribution in [3.63, 3.8) is 0 Å². The van der Waals surface area contributed by atoms with Crippen LogP contribution < -0.4 is 5.32 Å². The van der Waals surface area contributed by atoms with Crippen LogP contribution in [-0.2, 0) is 27.4 Å². The van der Waals surface area contributed by atoms with Crippen LogP contribution in [0.5, 0.6) is 0 Å². The van der Waals surface area contributed by atoms with E-state index in [-0.39, 0.29) is 18.4 Å². The van der Waals surface area contributed by atoms with E-state index in [1.807, 2.05) is 12.2 Å². The second-order valence-corrected chi connectivity index (χ2v) is 8.99. The number of nitrogens with zero attached hydrogens (tertiary/aromatic N) is 6. The molecule has 3 aromatic rings. The molecule has 0 radical (unpaired) electrons. The van der Waals surface area contributed by atoms with E-state index in [0.717, 1.165) is 12.0 Å². The van der Waals surface area contributed by atoms with Gasteiger partial charge in [-0.05, 0) is 18.6 Å². The van der Waals surface area contributed by atoms with Crippen LogP contribution >= 0.6 is 0 Å². The van der Waals surface area contributed by atoms with Crippen molar-refractivity contribution >= 4 is 11.8 Å². The molecule has 12 heteroatoms. The van der Waals surface area contributed by atoms with Crippen LogP contribution in [0.25, 0.3) is 11.5 Å². The van der Waals surface area contributed by atoms with Crippen molar-refractivity contribution in [2.45, 2.75) is 25.6 Å². The number of nitrogens with one attached hydrogen (secondary N) is 1. The van der Waals surface area contributed by atoms with Crippen molar-refractivity contribution in [2.75, 3.05) is 26.9 Å². The van der Waals surface area contributed by atoms with E-state index in [1.54, 1.807) is 36.2 Å². The van der Waals surface area contributed by atoms with Crippen molar-refractivity contribution in [3.8, 4) is 11.5 Å². The van der Waals surface area contributed by atoms with Crippen molar-refractivity contribution in [1.82, 2.24) is 30.3 Å². The van der Waals surface area contributed by atoms with E-state index in [2.05, 4.69) is 31.7 Å². The Bertz CT molecular complexity index is 1380. The van der Waals surface area contributed by atoms with E-state index in [4.69, 9.17) is 23.8 Å². The Balaban J connectivity index is 1.19. The monoisotopic (exact) mass is 503 g/mol. The molecule has 37 heavy (non-hydrogen) atoms. The normalized spacial score (nSPS) is 18.4. The van der Waals surface area contributed by atoms with Gasteiger partial charge in [-0.2, -0.15) is 4.68 Å². The highest BCUT2D eigenvalue weighted by molar-refractivity contribution is 5.96. The lowest BCUT2D eigenvalue weighted by Crippen LogP contribution is -2.39. The Labute approximate surface area is 212 Å². The van der Waals surface area contributed by atoms with Crippen LogP contribution in [0.1, 0.15) is 40.0 Å². The number of hydrogen-bond donors (Lipinski definition) is 1. The van der Waals surface area contributed by atoms with Gasteiger partial charge in [0.25, 0.3) is 5.91 Å². The van der Waals surface area contributed by atoms with E-state index >= 15 is 0 Å². The molecule has 6 rings (SSSR count). The number of ether oxygens (including phenoxy) is 3. The minimum atomic E-state index is -0.153. The summed E-state index contributed by atoms with van der Waals surface area (Å²) in [5.74, 6) is 2.37. The Morgan fingerprint density at radius 2 is 2.16 bits per heavy atom.